The SMILES string of the molecule is NC1CNCC1Cc1cc(F)cc(F)c1. The minimum Gasteiger partial charge on any atom is -0.326 e. The zero-order valence-electron chi connectivity index (χ0n) is 8.34. The van der Waals surface area contributed by atoms with Crippen LogP contribution in [0.1, 0.15) is 5.56 Å². The molecule has 1 aliphatic rings. The highest BCUT2D eigenvalue weighted by atomic mass is 19.1. The van der Waals surface area contributed by atoms with E-state index in [9.17, 15) is 8.78 Å². The molecule has 0 aliphatic carbocycles. The fraction of sp³-hybridized carbons (Fsp3) is 0.455. The highest BCUT2D eigenvalue weighted by Gasteiger charge is 2.23. The Morgan fingerprint density at radius 2 is 1.87 bits per heavy atom. The number of rotatable bonds is 2. The van der Waals surface area contributed by atoms with Crippen molar-refractivity contribution in [3.05, 3.63) is 35.4 Å². The van der Waals surface area contributed by atoms with Gasteiger partial charge in [0.1, 0.15) is 11.6 Å². The summed E-state index contributed by atoms with van der Waals surface area (Å²) in [6.45, 7) is 1.60. The fourth-order valence-electron chi connectivity index (χ4n) is 2.01. The molecule has 4 heteroatoms. The second-order valence-corrected chi connectivity index (χ2v) is 4.06. The van der Waals surface area contributed by atoms with E-state index in [0.717, 1.165) is 19.2 Å². The maximum atomic E-state index is 12.9. The number of benzene rings is 1. The first kappa shape index (κ1) is 10.5. The smallest absolute Gasteiger partial charge is 0.126 e. The molecule has 0 radical (unpaired) electrons. The van der Waals surface area contributed by atoms with Crippen molar-refractivity contribution in [1.29, 1.82) is 0 Å². The van der Waals surface area contributed by atoms with Crippen LogP contribution >= 0.6 is 0 Å². The highest BCUT2D eigenvalue weighted by molar-refractivity contribution is 5.19. The molecule has 1 saturated heterocycles. The largest absolute Gasteiger partial charge is 0.326 e. The van der Waals surface area contributed by atoms with Gasteiger partial charge in [0.25, 0.3) is 0 Å². The lowest BCUT2D eigenvalue weighted by Crippen LogP contribution is -2.30. The van der Waals surface area contributed by atoms with Crippen molar-refractivity contribution in [3.63, 3.8) is 0 Å². The average molecular weight is 212 g/mol. The summed E-state index contributed by atoms with van der Waals surface area (Å²) in [4.78, 5) is 0. The van der Waals surface area contributed by atoms with E-state index < -0.39 is 11.6 Å². The number of hydrogen-bond acceptors (Lipinski definition) is 2. The Labute approximate surface area is 87.5 Å². The molecule has 82 valence electrons. The first-order chi connectivity index (χ1) is 7.15. The molecule has 1 aromatic carbocycles. The zero-order chi connectivity index (χ0) is 10.8. The first-order valence-electron chi connectivity index (χ1n) is 5.06. The quantitative estimate of drug-likeness (QED) is 0.769. The molecule has 1 heterocycles. The van der Waals surface area contributed by atoms with Gasteiger partial charge in [0, 0.05) is 18.7 Å². The van der Waals surface area contributed by atoms with Crippen molar-refractivity contribution in [2.75, 3.05) is 13.1 Å². The summed E-state index contributed by atoms with van der Waals surface area (Å²) >= 11 is 0. The van der Waals surface area contributed by atoms with Crippen LogP contribution in [-0.2, 0) is 6.42 Å². The lowest BCUT2D eigenvalue weighted by Gasteiger charge is -2.13. The summed E-state index contributed by atoms with van der Waals surface area (Å²) in [5, 5.41) is 3.16. The van der Waals surface area contributed by atoms with Gasteiger partial charge in [-0.05, 0) is 36.6 Å². The molecular formula is C11H14F2N2. The average Bonchev–Trinajstić information content (AvgIpc) is 2.50. The topological polar surface area (TPSA) is 38.0 Å². The van der Waals surface area contributed by atoms with Crippen molar-refractivity contribution in [1.82, 2.24) is 5.32 Å². The third-order valence-electron chi connectivity index (χ3n) is 2.81. The van der Waals surface area contributed by atoms with Gasteiger partial charge in [-0.3, -0.25) is 0 Å². The van der Waals surface area contributed by atoms with E-state index in [0.29, 0.717) is 12.0 Å². The van der Waals surface area contributed by atoms with Crippen LogP contribution in [0.2, 0.25) is 0 Å². The van der Waals surface area contributed by atoms with Crippen LogP contribution < -0.4 is 11.1 Å². The normalized spacial score (nSPS) is 25.8. The minimum atomic E-state index is -0.524. The molecular weight excluding hydrogens is 198 g/mol. The van der Waals surface area contributed by atoms with E-state index in [2.05, 4.69) is 5.32 Å². The van der Waals surface area contributed by atoms with E-state index in [4.69, 9.17) is 5.73 Å². The fourth-order valence-corrected chi connectivity index (χ4v) is 2.01. The summed E-state index contributed by atoms with van der Waals surface area (Å²) in [6, 6.07) is 3.70. The van der Waals surface area contributed by atoms with E-state index in [1.54, 1.807) is 0 Å². The Morgan fingerprint density at radius 1 is 1.20 bits per heavy atom. The van der Waals surface area contributed by atoms with E-state index in [-0.39, 0.29) is 12.0 Å². The molecule has 2 unspecified atom stereocenters. The van der Waals surface area contributed by atoms with Gasteiger partial charge in [-0.15, -0.1) is 0 Å². The Bertz CT molecular complexity index is 334. The molecule has 0 aromatic heterocycles. The lowest BCUT2D eigenvalue weighted by molar-refractivity contribution is 0.506. The molecule has 0 bridgehead atoms. The van der Waals surface area contributed by atoms with E-state index in [1.165, 1.54) is 12.1 Å². The Kier molecular flexibility index (Phi) is 2.98. The number of halogens is 2. The van der Waals surface area contributed by atoms with Gasteiger partial charge in [0.15, 0.2) is 0 Å². The standard InChI is InChI=1S/C11H14F2N2/c12-9-2-7(3-10(13)4-9)1-8-5-15-6-11(8)14/h2-4,8,11,15H,1,5-6,14H2. The number of hydrogen-bond donors (Lipinski definition) is 2. The molecule has 2 atom stereocenters. The van der Waals surface area contributed by atoms with Crippen LogP contribution in [0.3, 0.4) is 0 Å². The van der Waals surface area contributed by atoms with Crippen LogP contribution in [0.5, 0.6) is 0 Å². The van der Waals surface area contributed by atoms with Crippen LogP contribution in [0.25, 0.3) is 0 Å². The van der Waals surface area contributed by atoms with Gasteiger partial charge < -0.3 is 11.1 Å². The van der Waals surface area contributed by atoms with Crippen LogP contribution in [0, 0.1) is 17.6 Å². The van der Waals surface area contributed by atoms with Gasteiger partial charge in [-0.1, -0.05) is 0 Å². The molecule has 1 aliphatic heterocycles. The van der Waals surface area contributed by atoms with Gasteiger partial charge in [0.2, 0.25) is 0 Å². The summed E-state index contributed by atoms with van der Waals surface area (Å²) in [5.74, 6) is -0.778. The van der Waals surface area contributed by atoms with Crippen molar-refractivity contribution in [2.24, 2.45) is 11.7 Å². The Hall–Kier alpha value is -1.00. The van der Waals surface area contributed by atoms with Crippen molar-refractivity contribution in [3.8, 4) is 0 Å². The molecule has 3 N–H and O–H groups in total. The van der Waals surface area contributed by atoms with Crippen LogP contribution in [0.4, 0.5) is 8.78 Å². The van der Waals surface area contributed by atoms with E-state index >= 15 is 0 Å². The van der Waals surface area contributed by atoms with Crippen molar-refractivity contribution >= 4 is 0 Å². The molecule has 0 spiro atoms. The van der Waals surface area contributed by atoms with Gasteiger partial charge in [-0.2, -0.15) is 0 Å². The first-order valence-corrected chi connectivity index (χ1v) is 5.06. The second-order valence-electron chi connectivity index (χ2n) is 4.06. The highest BCUT2D eigenvalue weighted by Crippen LogP contribution is 2.16. The van der Waals surface area contributed by atoms with Gasteiger partial charge in [0.05, 0.1) is 0 Å². The molecule has 1 aromatic rings. The molecule has 0 amide bonds. The molecule has 1 fully saturated rings. The third-order valence-corrected chi connectivity index (χ3v) is 2.81. The summed E-state index contributed by atoms with van der Waals surface area (Å²) < 4.78 is 25.8. The molecule has 0 saturated carbocycles. The second kappa shape index (κ2) is 4.24. The zero-order valence-corrected chi connectivity index (χ0v) is 8.34. The van der Waals surface area contributed by atoms with Crippen molar-refractivity contribution in [2.45, 2.75) is 12.5 Å². The van der Waals surface area contributed by atoms with Crippen molar-refractivity contribution < 1.29 is 8.78 Å². The predicted octanol–water partition coefficient (Wildman–Crippen LogP) is 1.05. The maximum absolute atomic E-state index is 12.9. The number of nitrogens with two attached hydrogens (primary N) is 1. The molecule has 2 nitrogen and oxygen atoms in total. The van der Waals surface area contributed by atoms with Crippen LogP contribution in [-0.4, -0.2) is 19.1 Å². The maximum Gasteiger partial charge on any atom is 0.126 e. The van der Waals surface area contributed by atoms with E-state index in [1.807, 2.05) is 0 Å². The summed E-state index contributed by atoms with van der Waals surface area (Å²) in [6.07, 6.45) is 0.628. The number of nitrogens with one attached hydrogen (secondary N) is 1. The van der Waals surface area contributed by atoms with Gasteiger partial charge in [-0.25, -0.2) is 8.78 Å². The van der Waals surface area contributed by atoms with Crippen LogP contribution in [0.15, 0.2) is 18.2 Å². The summed E-state index contributed by atoms with van der Waals surface area (Å²) in [7, 11) is 0. The lowest BCUT2D eigenvalue weighted by atomic mass is 9.95. The molecule has 15 heavy (non-hydrogen) atoms. The molecule has 2 rings (SSSR count). The monoisotopic (exact) mass is 212 g/mol. The summed E-state index contributed by atoms with van der Waals surface area (Å²) in [5.41, 5.74) is 6.53. The Morgan fingerprint density at radius 3 is 2.40 bits per heavy atom. The Balaban J connectivity index is 2.10. The third kappa shape index (κ3) is 2.52. The minimum absolute atomic E-state index is 0.0799. The predicted molar refractivity (Wildman–Crippen MR) is 54.4 cm³/mol. The van der Waals surface area contributed by atoms with Gasteiger partial charge >= 0.3 is 0 Å².